The van der Waals surface area contributed by atoms with E-state index in [1.54, 1.807) is 0 Å². The molecule has 0 radical (unpaired) electrons. The van der Waals surface area contributed by atoms with E-state index in [4.69, 9.17) is 14.7 Å². The van der Waals surface area contributed by atoms with E-state index < -0.39 is 0 Å². The molecule has 4 heterocycles. The number of fused-ring (bicyclic) bond motifs is 9. The largest absolute Gasteiger partial charge is 0.456 e. The Labute approximate surface area is 230 Å². The van der Waals surface area contributed by atoms with Crippen molar-refractivity contribution in [1.82, 2.24) is 24.1 Å². The Hall–Kier alpha value is -5.23. The van der Waals surface area contributed by atoms with E-state index >= 15 is 0 Å². The van der Waals surface area contributed by atoms with Crippen molar-refractivity contribution in [2.45, 2.75) is 19.8 Å². The van der Waals surface area contributed by atoms with Gasteiger partial charge >= 0.3 is 0 Å². The number of ether oxygens (including phenoxy) is 1. The lowest BCUT2D eigenvalue weighted by molar-refractivity contribution is 0.481. The zero-order valence-corrected chi connectivity index (χ0v) is 22.1. The summed E-state index contributed by atoms with van der Waals surface area (Å²) in [5.41, 5.74) is 8.21. The molecule has 8 rings (SSSR count). The first-order valence-corrected chi connectivity index (χ1v) is 13.5. The minimum atomic E-state index is 0.345. The molecule has 0 aliphatic rings. The third-order valence-corrected chi connectivity index (χ3v) is 7.61. The van der Waals surface area contributed by atoms with Gasteiger partial charge in [0.05, 0.1) is 45.7 Å². The van der Waals surface area contributed by atoms with Crippen LogP contribution in [0.4, 0.5) is 0 Å². The molecule has 0 N–H and O–H groups in total. The smallest absolute Gasteiger partial charge is 0.148 e. The summed E-state index contributed by atoms with van der Waals surface area (Å²) in [6.07, 6.45) is 3.69. The standard InChI is InChI=1S/C34H25N5O/c1-21(2)26-12-8-16-31-32(26)33-27(34-37-28-13-4-6-15-30(28)38(31)34)18-25(20-35-33)40-24-11-7-10-23(17-24)39-29-14-5-3-9-22(29)19-36-39/h3-21H,1-2H3. The van der Waals surface area contributed by atoms with E-state index in [9.17, 15) is 0 Å². The van der Waals surface area contributed by atoms with Gasteiger partial charge in [-0.15, -0.1) is 0 Å². The third kappa shape index (κ3) is 3.39. The molecule has 4 aromatic heterocycles. The molecular formula is C34H25N5O. The van der Waals surface area contributed by atoms with Gasteiger partial charge in [0.2, 0.25) is 0 Å². The topological polar surface area (TPSA) is 57.2 Å². The third-order valence-electron chi connectivity index (χ3n) is 7.61. The highest BCUT2D eigenvalue weighted by Crippen LogP contribution is 2.37. The predicted octanol–water partition coefficient (Wildman–Crippen LogP) is 8.44. The Balaban J connectivity index is 1.32. The summed E-state index contributed by atoms with van der Waals surface area (Å²) in [5.74, 6) is 1.72. The molecule has 0 saturated heterocycles. The molecule has 40 heavy (non-hydrogen) atoms. The summed E-state index contributed by atoms with van der Waals surface area (Å²) in [6.45, 7) is 4.45. The molecule has 0 aliphatic heterocycles. The lowest BCUT2D eigenvalue weighted by Crippen LogP contribution is -1.99. The minimum absolute atomic E-state index is 0.345. The molecule has 6 nitrogen and oxygen atoms in total. The van der Waals surface area contributed by atoms with Gasteiger partial charge in [-0.2, -0.15) is 5.10 Å². The van der Waals surface area contributed by atoms with Gasteiger partial charge in [0, 0.05) is 22.2 Å². The molecule has 0 amide bonds. The van der Waals surface area contributed by atoms with E-state index in [0.717, 1.165) is 55.1 Å². The number of para-hydroxylation sites is 3. The van der Waals surface area contributed by atoms with Crippen LogP contribution in [0.2, 0.25) is 0 Å². The molecule has 6 heteroatoms. The number of rotatable bonds is 4. The zero-order valence-electron chi connectivity index (χ0n) is 22.1. The normalized spacial score (nSPS) is 12.0. The van der Waals surface area contributed by atoms with Crippen LogP contribution in [0.5, 0.6) is 11.5 Å². The van der Waals surface area contributed by atoms with Gasteiger partial charge in [0.25, 0.3) is 0 Å². The van der Waals surface area contributed by atoms with E-state index in [2.05, 4.69) is 77.9 Å². The molecule has 4 aromatic carbocycles. The summed E-state index contributed by atoms with van der Waals surface area (Å²) in [6, 6.07) is 33.0. The molecule has 0 spiro atoms. The van der Waals surface area contributed by atoms with Gasteiger partial charge in [-0.1, -0.05) is 62.4 Å². The minimum Gasteiger partial charge on any atom is -0.456 e. The maximum atomic E-state index is 6.41. The molecule has 0 saturated carbocycles. The van der Waals surface area contributed by atoms with Crippen molar-refractivity contribution in [3.63, 3.8) is 0 Å². The highest BCUT2D eigenvalue weighted by atomic mass is 16.5. The van der Waals surface area contributed by atoms with Crippen molar-refractivity contribution < 1.29 is 4.74 Å². The lowest BCUT2D eigenvalue weighted by atomic mass is 9.96. The summed E-state index contributed by atoms with van der Waals surface area (Å²) < 4.78 is 10.6. The lowest BCUT2D eigenvalue weighted by Gasteiger charge is -2.15. The highest BCUT2D eigenvalue weighted by molar-refractivity contribution is 6.13. The maximum absolute atomic E-state index is 6.41. The molecule has 0 atom stereocenters. The summed E-state index contributed by atoms with van der Waals surface area (Å²) >= 11 is 0. The van der Waals surface area contributed by atoms with Gasteiger partial charge in [-0.05, 0) is 53.9 Å². The van der Waals surface area contributed by atoms with Crippen molar-refractivity contribution in [1.29, 1.82) is 0 Å². The van der Waals surface area contributed by atoms with Crippen LogP contribution in [0.15, 0.2) is 109 Å². The zero-order chi connectivity index (χ0) is 26.8. The first kappa shape index (κ1) is 22.7. The maximum Gasteiger partial charge on any atom is 0.148 e. The van der Waals surface area contributed by atoms with Gasteiger partial charge in [0.1, 0.15) is 17.1 Å². The number of pyridine rings is 2. The van der Waals surface area contributed by atoms with Crippen molar-refractivity contribution in [2.75, 3.05) is 0 Å². The van der Waals surface area contributed by atoms with Crippen LogP contribution in [0.1, 0.15) is 25.3 Å². The Kier molecular flexibility index (Phi) is 4.91. The highest BCUT2D eigenvalue weighted by Gasteiger charge is 2.18. The Morgan fingerprint density at radius 1 is 0.725 bits per heavy atom. The van der Waals surface area contributed by atoms with Gasteiger partial charge in [-0.25, -0.2) is 9.67 Å². The molecule has 0 bridgehead atoms. The molecule has 192 valence electrons. The van der Waals surface area contributed by atoms with Crippen molar-refractivity contribution in [3.05, 3.63) is 115 Å². The Morgan fingerprint density at radius 2 is 1.52 bits per heavy atom. The number of nitrogens with zero attached hydrogens (tertiary/aromatic N) is 5. The van der Waals surface area contributed by atoms with Gasteiger partial charge in [-0.3, -0.25) is 9.38 Å². The van der Waals surface area contributed by atoms with E-state index in [1.165, 1.54) is 5.56 Å². The number of hydrogen-bond donors (Lipinski definition) is 0. The second-order valence-corrected chi connectivity index (χ2v) is 10.4. The van der Waals surface area contributed by atoms with Crippen LogP contribution in [-0.4, -0.2) is 24.1 Å². The average Bonchev–Trinajstić information content (AvgIpc) is 3.59. The van der Waals surface area contributed by atoms with Crippen molar-refractivity contribution >= 4 is 49.4 Å². The number of imidazole rings is 1. The molecular weight excluding hydrogens is 494 g/mol. The first-order valence-electron chi connectivity index (χ1n) is 13.5. The summed E-state index contributed by atoms with van der Waals surface area (Å²) in [4.78, 5) is 10.0. The fourth-order valence-corrected chi connectivity index (χ4v) is 5.80. The van der Waals surface area contributed by atoms with Crippen molar-refractivity contribution in [2.24, 2.45) is 0 Å². The van der Waals surface area contributed by atoms with Crippen molar-refractivity contribution in [3.8, 4) is 17.2 Å². The second kappa shape index (κ2) is 8.64. The van der Waals surface area contributed by atoms with Crippen LogP contribution < -0.4 is 4.74 Å². The fraction of sp³-hybridized carbons (Fsp3) is 0.0882. The first-order chi connectivity index (χ1) is 19.7. The monoisotopic (exact) mass is 519 g/mol. The van der Waals surface area contributed by atoms with Gasteiger partial charge in [0.15, 0.2) is 0 Å². The van der Waals surface area contributed by atoms with E-state index in [0.29, 0.717) is 17.4 Å². The molecule has 0 unspecified atom stereocenters. The molecule has 0 fully saturated rings. The van der Waals surface area contributed by atoms with Crippen LogP contribution in [0, 0.1) is 0 Å². The number of benzene rings is 4. The quantitative estimate of drug-likeness (QED) is 0.219. The van der Waals surface area contributed by atoms with Crippen LogP contribution >= 0.6 is 0 Å². The average molecular weight is 520 g/mol. The fourth-order valence-electron chi connectivity index (χ4n) is 5.80. The summed E-state index contributed by atoms with van der Waals surface area (Å²) in [5, 5.41) is 7.81. The van der Waals surface area contributed by atoms with E-state index in [-0.39, 0.29) is 0 Å². The molecule has 8 aromatic rings. The van der Waals surface area contributed by atoms with Gasteiger partial charge < -0.3 is 4.74 Å². The summed E-state index contributed by atoms with van der Waals surface area (Å²) in [7, 11) is 0. The van der Waals surface area contributed by atoms with Crippen LogP contribution in [0.25, 0.3) is 55.1 Å². The SMILES string of the molecule is CC(C)c1cccc2c1c1ncc(Oc3cccc(-n4ncc5ccccc54)c3)cc1c1nc3ccccc3n21. The Morgan fingerprint density at radius 3 is 2.42 bits per heavy atom. The van der Waals surface area contributed by atoms with E-state index in [1.807, 2.05) is 59.5 Å². The second-order valence-electron chi connectivity index (χ2n) is 10.4. The number of aromatic nitrogens is 5. The molecule has 0 aliphatic carbocycles. The Bertz CT molecular complexity index is 2240. The van der Waals surface area contributed by atoms with Crippen LogP contribution in [-0.2, 0) is 0 Å². The van der Waals surface area contributed by atoms with Crippen LogP contribution in [0.3, 0.4) is 0 Å². The number of hydrogen-bond acceptors (Lipinski definition) is 4. The predicted molar refractivity (Wildman–Crippen MR) is 161 cm³/mol.